The first-order valence-electron chi connectivity index (χ1n) is 8.79. The Morgan fingerprint density at radius 3 is 2.65 bits per heavy atom. The first-order valence-corrected chi connectivity index (χ1v) is 9.67. The van der Waals surface area contributed by atoms with Crippen molar-refractivity contribution in [2.75, 3.05) is 23.3 Å². The number of carbonyl (C=O) groups excluding carboxylic acids is 1. The Morgan fingerprint density at radius 2 is 1.85 bits per heavy atom. The number of rotatable bonds is 5. The maximum absolute atomic E-state index is 12.3. The molecule has 0 saturated heterocycles. The molecule has 26 heavy (non-hydrogen) atoms. The maximum Gasteiger partial charge on any atom is 0.319 e. The van der Waals surface area contributed by atoms with Crippen molar-refractivity contribution in [2.24, 2.45) is 0 Å². The molecule has 0 aliphatic carbocycles. The van der Waals surface area contributed by atoms with Gasteiger partial charge in [0.05, 0.1) is 6.04 Å². The number of urea groups is 1. The van der Waals surface area contributed by atoms with Crippen molar-refractivity contribution in [1.29, 1.82) is 0 Å². The van der Waals surface area contributed by atoms with Gasteiger partial charge in [0.25, 0.3) is 0 Å². The maximum atomic E-state index is 12.3. The van der Waals surface area contributed by atoms with Crippen molar-refractivity contribution in [1.82, 2.24) is 5.32 Å². The number of amides is 2. The average Bonchev–Trinajstić information content (AvgIpc) is 3.34. The third kappa shape index (κ3) is 3.58. The zero-order valence-electron chi connectivity index (χ0n) is 14.4. The van der Waals surface area contributed by atoms with Crippen molar-refractivity contribution >= 4 is 28.7 Å². The summed E-state index contributed by atoms with van der Waals surface area (Å²) in [4.78, 5) is 16.0. The van der Waals surface area contributed by atoms with E-state index in [1.165, 1.54) is 16.1 Å². The summed E-state index contributed by atoms with van der Waals surface area (Å²) in [6.45, 7) is 1.54. The predicted molar refractivity (Wildman–Crippen MR) is 108 cm³/mol. The summed E-state index contributed by atoms with van der Waals surface area (Å²) >= 11 is 1.73. The molecule has 2 heterocycles. The molecule has 1 aromatic heterocycles. The van der Waals surface area contributed by atoms with E-state index in [0.717, 1.165) is 18.7 Å². The number of anilines is 2. The van der Waals surface area contributed by atoms with Gasteiger partial charge in [-0.3, -0.25) is 0 Å². The number of nitrogens with zero attached hydrogens (tertiary/aromatic N) is 1. The zero-order chi connectivity index (χ0) is 17.8. The van der Waals surface area contributed by atoms with Crippen LogP contribution in [-0.4, -0.2) is 19.1 Å². The van der Waals surface area contributed by atoms with Crippen LogP contribution in [0.2, 0.25) is 0 Å². The lowest BCUT2D eigenvalue weighted by Gasteiger charge is -2.30. The van der Waals surface area contributed by atoms with Crippen molar-refractivity contribution < 1.29 is 4.79 Å². The van der Waals surface area contributed by atoms with Crippen LogP contribution < -0.4 is 15.5 Å². The van der Waals surface area contributed by atoms with E-state index in [2.05, 4.69) is 57.3 Å². The largest absolute Gasteiger partial charge is 0.361 e. The molecule has 0 unspecified atom stereocenters. The molecule has 1 aliphatic heterocycles. The van der Waals surface area contributed by atoms with E-state index in [4.69, 9.17) is 0 Å². The SMILES string of the molecule is O=C(NC[C@H](c1cccs1)N1CCc2ccccc21)Nc1ccccc1. The van der Waals surface area contributed by atoms with Gasteiger partial charge in [0.2, 0.25) is 0 Å². The number of benzene rings is 2. The van der Waals surface area contributed by atoms with Gasteiger partial charge in [0, 0.05) is 29.3 Å². The van der Waals surface area contributed by atoms with Gasteiger partial charge in [0.15, 0.2) is 0 Å². The van der Waals surface area contributed by atoms with E-state index in [0.29, 0.717) is 6.54 Å². The highest BCUT2D eigenvalue weighted by Gasteiger charge is 2.27. The number of thiophene rings is 1. The molecule has 132 valence electrons. The fourth-order valence-corrected chi connectivity index (χ4v) is 4.26. The van der Waals surface area contributed by atoms with E-state index in [1.54, 1.807) is 11.3 Å². The van der Waals surface area contributed by atoms with E-state index in [-0.39, 0.29) is 12.1 Å². The summed E-state index contributed by atoms with van der Waals surface area (Å²) in [5, 5.41) is 8.02. The van der Waals surface area contributed by atoms with Gasteiger partial charge in [0.1, 0.15) is 0 Å². The summed E-state index contributed by atoms with van der Waals surface area (Å²) in [6.07, 6.45) is 1.05. The first kappa shape index (κ1) is 16.7. The quantitative estimate of drug-likeness (QED) is 0.692. The minimum Gasteiger partial charge on any atom is -0.361 e. The number of hydrogen-bond donors (Lipinski definition) is 2. The molecule has 1 aliphatic rings. The molecule has 0 radical (unpaired) electrons. The fourth-order valence-electron chi connectivity index (χ4n) is 3.42. The van der Waals surface area contributed by atoms with E-state index in [1.807, 2.05) is 30.3 Å². The number of carbonyl (C=O) groups is 1. The molecule has 2 aromatic carbocycles. The second-order valence-corrected chi connectivity index (χ2v) is 7.28. The number of fused-ring (bicyclic) bond motifs is 1. The summed E-state index contributed by atoms with van der Waals surface area (Å²) in [6, 6.07) is 22.2. The molecule has 0 fully saturated rings. The second kappa shape index (κ2) is 7.62. The standard InChI is InChI=1S/C21H21N3OS/c25-21(23-17-8-2-1-3-9-17)22-15-19(20-11-6-14-26-20)24-13-12-16-7-4-5-10-18(16)24/h1-11,14,19H,12-13,15H2,(H2,22,23,25)/t19-/m1/s1. The molecule has 4 nitrogen and oxygen atoms in total. The number of nitrogens with one attached hydrogen (secondary N) is 2. The Hall–Kier alpha value is -2.79. The van der Waals surface area contributed by atoms with Crippen molar-refractivity contribution in [3.8, 4) is 0 Å². The normalized spacial score (nSPS) is 13.9. The van der Waals surface area contributed by atoms with Crippen LogP contribution in [0.4, 0.5) is 16.2 Å². The Labute approximate surface area is 157 Å². The predicted octanol–water partition coefficient (Wildman–Crippen LogP) is 4.67. The highest BCUT2D eigenvalue weighted by molar-refractivity contribution is 7.10. The van der Waals surface area contributed by atoms with Crippen LogP contribution in [0.3, 0.4) is 0 Å². The minimum absolute atomic E-state index is 0.139. The molecule has 2 N–H and O–H groups in total. The number of hydrogen-bond acceptors (Lipinski definition) is 3. The lowest BCUT2D eigenvalue weighted by atomic mass is 10.1. The van der Waals surface area contributed by atoms with Crippen LogP contribution in [-0.2, 0) is 6.42 Å². The Kier molecular flexibility index (Phi) is 4.88. The van der Waals surface area contributed by atoms with Gasteiger partial charge in [-0.1, -0.05) is 42.5 Å². The van der Waals surface area contributed by atoms with Crippen LogP contribution in [0.1, 0.15) is 16.5 Å². The Bertz CT molecular complexity index is 864. The second-order valence-electron chi connectivity index (χ2n) is 6.30. The van der Waals surface area contributed by atoms with Crippen molar-refractivity contribution in [3.63, 3.8) is 0 Å². The van der Waals surface area contributed by atoms with Crippen molar-refractivity contribution in [3.05, 3.63) is 82.6 Å². The van der Waals surface area contributed by atoms with E-state index in [9.17, 15) is 4.79 Å². The molecular formula is C21H21N3OS. The summed E-state index contributed by atoms with van der Waals surface area (Å²) < 4.78 is 0. The van der Waals surface area contributed by atoms with Gasteiger partial charge in [-0.25, -0.2) is 4.79 Å². The fraction of sp³-hybridized carbons (Fsp3) is 0.190. The van der Waals surface area contributed by atoms with Crippen LogP contribution in [0.25, 0.3) is 0 Å². The highest BCUT2D eigenvalue weighted by Crippen LogP contribution is 2.36. The summed E-state index contributed by atoms with van der Waals surface area (Å²) in [5.41, 5.74) is 3.45. The molecular weight excluding hydrogens is 342 g/mol. The number of para-hydroxylation sites is 2. The lowest BCUT2D eigenvalue weighted by molar-refractivity contribution is 0.251. The average molecular weight is 363 g/mol. The Balaban J connectivity index is 1.48. The van der Waals surface area contributed by atoms with Gasteiger partial charge in [-0.2, -0.15) is 0 Å². The van der Waals surface area contributed by atoms with Crippen LogP contribution in [0.5, 0.6) is 0 Å². The molecule has 1 atom stereocenters. The lowest BCUT2D eigenvalue weighted by Crippen LogP contribution is -2.38. The molecule has 4 rings (SSSR count). The molecule has 0 bridgehead atoms. The van der Waals surface area contributed by atoms with Crippen LogP contribution >= 0.6 is 11.3 Å². The third-order valence-corrected chi connectivity index (χ3v) is 5.63. The van der Waals surface area contributed by atoms with Crippen LogP contribution in [0.15, 0.2) is 72.1 Å². The van der Waals surface area contributed by atoms with E-state index < -0.39 is 0 Å². The summed E-state index contributed by atoms with van der Waals surface area (Å²) in [5.74, 6) is 0. The molecule has 2 amide bonds. The molecule has 5 heteroatoms. The highest BCUT2D eigenvalue weighted by atomic mass is 32.1. The molecule has 3 aromatic rings. The van der Waals surface area contributed by atoms with Gasteiger partial charge < -0.3 is 15.5 Å². The minimum atomic E-state index is -0.176. The smallest absolute Gasteiger partial charge is 0.319 e. The molecule has 0 spiro atoms. The van der Waals surface area contributed by atoms with Gasteiger partial charge >= 0.3 is 6.03 Å². The zero-order valence-corrected chi connectivity index (χ0v) is 15.2. The third-order valence-electron chi connectivity index (χ3n) is 4.66. The monoisotopic (exact) mass is 363 g/mol. The van der Waals surface area contributed by atoms with E-state index >= 15 is 0 Å². The van der Waals surface area contributed by atoms with Gasteiger partial charge in [-0.15, -0.1) is 11.3 Å². The first-order chi connectivity index (χ1) is 12.8. The Morgan fingerprint density at radius 1 is 1.04 bits per heavy atom. The van der Waals surface area contributed by atoms with Crippen molar-refractivity contribution in [2.45, 2.75) is 12.5 Å². The molecule has 0 saturated carbocycles. The van der Waals surface area contributed by atoms with Crippen LogP contribution in [0, 0.1) is 0 Å². The van der Waals surface area contributed by atoms with Gasteiger partial charge in [-0.05, 0) is 41.6 Å². The summed E-state index contributed by atoms with van der Waals surface area (Å²) in [7, 11) is 0. The topological polar surface area (TPSA) is 44.4 Å².